The van der Waals surface area contributed by atoms with Crippen LogP contribution in [0.5, 0.6) is 0 Å². The zero-order valence-corrected chi connectivity index (χ0v) is 12.7. The molecule has 2 aromatic carbocycles. The summed E-state index contributed by atoms with van der Waals surface area (Å²) in [4.78, 5) is 11.1. The van der Waals surface area contributed by atoms with Crippen molar-refractivity contribution in [2.45, 2.75) is 10.6 Å². The van der Waals surface area contributed by atoms with Crippen LogP contribution in [0.15, 0.2) is 51.8 Å². The lowest BCUT2D eigenvalue weighted by Crippen LogP contribution is -2.01. The molecule has 0 aliphatic heterocycles. The summed E-state index contributed by atoms with van der Waals surface area (Å²) in [5.41, 5.74) is 6.55. The van der Waals surface area contributed by atoms with Gasteiger partial charge in [-0.05, 0) is 30.3 Å². The molecule has 20 heavy (non-hydrogen) atoms. The van der Waals surface area contributed by atoms with Crippen molar-refractivity contribution in [1.82, 2.24) is 0 Å². The molecular formula is C13H11BrN2O3S. The molecule has 1 unspecified atom stereocenters. The molecule has 2 N–H and O–H groups in total. The van der Waals surface area contributed by atoms with E-state index in [1.54, 1.807) is 36.4 Å². The van der Waals surface area contributed by atoms with Crippen molar-refractivity contribution in [2.75, 3.05) is 5.73 Å². The number of nitro groups is 1. The van der Waals surface area contributed by atoms with Crippen LogP contribution in [0.2, 0.25) is 0 Å². The molecule has 2 aromatic rings. The number of benzene rings is 2. The van der Waals surface area contributed by atoms with Gasteiger partial charge in [0.05, 0.1) is 21.5 Å². The normalized spacial score (nSPS) is 12.1. The van der Waals surface area contributed by atoms with Crippen molar-refractivity contribution < 1.29 is 9.13 Å². The van der Waals surface area contributed by atoms with Crippen LogP contribution in [-0.2, 0) is 16.6 Å². The number of nitrogen functional groups attached to an aromatic ring is 1. The molecule has 0 spiro atoms. The van der Waals surface area contributed by atoms with Crippen molar-refractivity contribution in [3.8, 4) is 0 Å². The van der Waals surface area contributed by atoms with Gasteiger partial charge in [0, 0.05) is 26.7 Å². The van der Waals surface area contributed by atoms with Crippen molar-refractivity contribution in [1.29, 1.82) is 0 Å². The molecule has 0 fully saturated rings. The smallest absolute Gasteiger partial charge is 0.274 e. The van der Waals surface area contributed by atoms with Crippen LogP contribution in [0.3, 0.4) is 0 Å². The van der Waals surface area contributed by atoms with Gasteiger partial charge in [-0.2, -0.15) is 0 Å². The Bertz CT molecular complexity index is 674. The lowest BCUT2D eigenvalue weighted by molar-refractivity contribution is -0.385. The lowest BCUT2D eigenvalue weighted by atomic mass is 10.2. The van der Waals surface area contributed by atoms with E-state index in [1.165, 1.54) is 6.07 Å². The van der Waals surface area contributed by atoms with Gasteiger partial charge in [0.1, 0.15) is 0 Å². The summed E-state index contributed by atoms with van der Waals surface area (Å²) < 4.78 is 12.8. The van der Waals surface area contributed by atoms with Gasteiger partial charge in [0.15, 0.2) is 0 Å². The molecule has 0 aromatic heterocycles. The molecule has 0 aliphatic rings. The van der Waals surface area contributed by atoms with E-state index in [1.807, 2.05) is 0 Å². The molecule has 0 amide bonds. The fourth-order valence-corrected chi connectivity index (χ4v) is 3.16. The summed E-state index contributed by atoms with van der Waals surface area (Å²) in [5.74, 6) is 0.0908. The highest BCUT2D eigenvalue weighted by Gasteiger charge is 2.17. The monoisotopic (exact) mass is 354 g/mol. The maximum atomic E-state index is 12.2. The standard InChI is InChI=1S/C13H11BrN2O3S/c14-10-2-1-9(13(7-10)16(17)18)8-20(19)12-5-3-11(15)4-6-12/h1-7H,8,15H2. The second-order valence-corrected chi connectivity index (χ2v) is 6.46. The van der Waals surface area contributed by atoms with Crippen LogP contribution >= 0.6 is 15.9 Å². The number of nitrogens with zero attached hydrogens (tertiary/aromatic N) is 1. The van der Waals surface area contributed by atoms with Crippen LogP contribution in [0, 0.1) is 10.1 Å². The number of rotatable bonds is 4. The average Bonchev–Trinajstić information content (AvgIpc) is 2.41. The zero-order chi connectivity index (χ0) is 14.7. The quantitative estimate of drug-likeness (QED) is 0.518. The zero-order valence-electron chi connectivity index (χ0n) is 10.3. The molecule has 7 heteroatoms. The molecule has 104 valence electrons. The molecule has 0 heterocycles. The third-order valence-corrected chi connectivity index (χ3v) is 4.54. The largest absolute Gasteiger partial charge is 0.399 e. The Labute approximate surface area is 126 Å². The maximum absolute atomic E-state index is 12.2. The lowest BCUT2D eigenvalue weighted by Gasteiger charge is -2.05. The summed E-state index contributed by atoms with van der Waals surface area (Å²) in [5, 5.41) is 11.0. The molecule has 0 saturated carbocycles. The first-order valence-corrected chi connectivity index (χ1v) is 7.75. The van der Waals surface area contributed by atoms with Crippen LogP contribution in [-0.4, -0.2) is 9.13 Å². The van der Waals surface area contributed by atoms with Gasteiger partial charge in [-0.25, -0.2) is 0 Å². The first-order chi connectivity index (χ1) is 9.47. The van der Waals surface area contributed by atoms with Gasteiger partial charge in [0.25, 0.3) is 5.69 Å². The summed E-state index contributed by atoms with van der Waals surface area (Å²) >= 11 is 3.19. The van der Waals surface area contributed by atoms with Crippen molar-refractivity contribution in [3.63, 3.8) is 0 Å². The summed E-state index contributed by atoms with van der Waals surface area (Å²) in [6.45, 7) is 0. The highest BCUT2D eigenvalue weighted by atomic mass is 79.9. The SMILES string of the molecule is Nc1ccc(S(=O)Cc2ccc(Br)cc2[N+](=O)[O-])cc1. The predicted molar refractivity (Wildman–Crippen MR) is 81.8 cm³/mol. The first-order valence-electron chi connectivity index (χ1n) is 5.64. The van der Waals surface area contributed by atoms with E-state index in [4.69, 9.17) is 5.73 Å². The summed E-state index contributed by atoms with van der Waals surface area (Å²) in [7, 11) is -1.35. The fraction of sp³-hybridized carbons (Fsp3) is 0.0769. The number of nitrogens with two attached hydrogens (primary N) is 1. The van der Waals surface area contributed by atoms with E-state index in [9.17, 15) is 14.3 Å². The molecule has 0 bridgehead atoms. The van der Waals surface area contributed by atoms with E-state index in [0.29, 0.717) is 20.6 Å². The minimum absolute atomic E-state index is 0.0387. The Balaban J connectivity index is 2.28. The van der Waals surface area contributed by atoms with Gasteiger partial charge in [-0.15, -0.1) is 0 Å². The van der Waals surface area contributed by atoms with E-state index >= 15 is 0 Å². The van der Waals surface area contributed by atoms with Crippen LogP contribution < -0.4 is 5.73 Å². The highest BCUT2D eigenvalue weighted by Crippen LogP contribution is 2.26. The topological polar surface area (TPSA) is 86.2 Å². The first kappa shape index (κ1) is 14.7. The van der Waals surface area contributed by atoms with Crippen LogP contribution in [0.4, 0.5) is 11.4 Å². The van der Waals surface area contributed by atoms with Crippen molar-refractivity contribution in [2.24, 2.45) is 0 Å². The van der Waals surface area contributed by atoms with Gasteiger partial charge in [-0.1, -0.05) is 22.0 Å². The maximum Gasteiger partial charge on any atom is 0.274 e. The average molecular weight is 355 g/mol. The Kier molecular flexibility index (Phi) is 4.51. The van der Waals surface area contributed by atoms with Crippen LogP contribution in [0.25, 0.3) is 0 Å². The Morgan fingerprint density at radius 3 is 2.45 bits per heavy atom. The molecule has 0 radical (unpaired) electrons. The fourth-order valence-electron chi connectivity index (χ4n) is 1.67. The Morgan fingerprint density at radius 2 is 1.85 bits per heavy atom. The Morgan fingerprint density at radius 1 is 1.20 bits per heavy atom. The summed E-state index contributed by atoms with van der Waals surface area (Å²) in [6.07, 6.45) is 0. The molecule has 5 nitrogen and oxygen atoms in total. The van der Waals surface area contributed by atoms with Crippen molar-refractivity contribution >= 4 is 38.1 Å². The second-order valence-electron chi connectivity index (χ2n) is 4.09. The molecule has 0 saturated heterocycles. The van der Waals surface area contributed by atoms with Gasteiger partial charge < -0.3 is 5.73 Å². The molecule has 2 rings (SSSR count). The van der Waals surface area contributed by atoms with Gasteiger partial charge in [0.2, 0.25) is 0 Å². The third-order valence-electron chi connectivity index (χ3n) is 2.67. The van der Waals surface area contributed by atoms with E-state index < -0.39 is 15.7 Å². The Hall–Kier alpha value is -1.73. The van der Waals surface area contributed by atoms with E-state index in [2.05, 4.69) is 15.9 Å². The predicted octanol–water partition coefficient (Wildman–Crippen LogP) is 3.25. The van der Waals surface area contributed by atoms with Gasteiger partial charge in [-0.3, -0.25) is 14.3 Å². The number of hydrogen-bond donors (Lipinski definition) is 1. The number of nitro benzene ring substituents is 1. The molecule has 0 aliphatic carbocycles. The van der Waals surface area contributed by atoms with Gasteiger partial charge >= 0.3 is 0 Å². The highest BCUT2D eigenvalue weighted by molar-refractivity contribution is 9.10. The third kappa shape index (κ3) is 3.43. The minimum atomic E-state index is -1.35. The van der Waals surface area contributed by atoms with E-state index in [0.717, 1.165) is 0 Å². The van der Waals surface area contributed by atoms with Crippen molar-refractivity contribution in [3.05, 3.63) is 62.6 Å². The number of hydrogen-bond acceptors (Lipinski definition) is 4. The summed E-state index contributed by atoms with van der Waals surface area (Å²) in [6, 6.07) is 11.4. The second kappa shape index (κ2) is 6.15. The van der Waals surface area contributed by atoms with Crippen LogP contribution in [0.1, 0.15) is 5.56 Å². The molecular weight excluding hydrogens is 344 g/mol. The van der Waals surface area contributed by atoms with E-state index in [-0.39, 0.29) is 11.4 Å². The molecule has 1 atom stereocenters. The minimum Gasteiger partial charge on any atom is -0.399 e. The number of halogens is 1. The number of anilines is 1.